The number of carbonyl (C=O) groups is 1. The van der Waals surface area contributed by atoms with Crippen molar-refractivity contribution in [3.63, 3.8) is 0 Å². The Morgan fingerprint density at radius 2 is 1.83 bits per heavy atom. The van der Waals surface area contributed by atoms with Gasteiger partial charge in [0.15, 0.2) is 11.2 Å². The minimum absolute atomic E-state index is 0.0237. The molecule has 6 nitrogen and oxygen atoms in total. The van der Waals surface area contributed by atoms with Gasteiger partial charge in [0.05, 0.1) is 24.6 Å². The van der Waals surface area contributed by atoms with Crippen LogP contribution in [0.25, 0.3) is 11.0 Å². The van der Waals surface area contributed by atoms with Gasteiger partial charge in [0, 0.05) is 25.7 Å². The van der Waals surface area contributed by atoms with Crippen molar-refractivity contribution in [2.45, 2.75) is 19.9 Å². The van der Waals surface area contributed by atoms with Gasteiger partial charge in [0.25, 0.3) is 5.91 Å². The summed E-state index contributed by atoms with van der Waals surface area (Å²) in [6, 6.07) is 15.1. The molecule has 4 rings (SSSR count). The number of amides is 1. The minimum Gasteiger partial charge on any atom is -0.450 e. The average Bonchev–Trinajstić information content (AvgIpc) is 2.76. The predicted octanol–water partition coefficient (Wildman–Crippen LogP) is 3.21. The molecule has 1 atom stereocenters. The first kappa shape index (κ1) is 20.3. The lowest BCUT2D eigenvalue weighted by molar-refractivity contribution is 0.0161. The van der Waals surface area contributed by atoms with E-state index in [1.54, 1.807) is 6.07 Å². The molecular formula is C24H26N2O4. The summed E-state index contributed by atoms with van der Waals surface area (Å²) >= 11 is 0. The quantitative estimate of drug-likeness (QED) is 0.705. The fourth-order valence-corrected chi connectivity index (χ4v) is 4.02. The van der Waals surface area contributed by atoms with Gasteiger partial charge in [-0.25, -0.2) is 0 Å². The Hall–Kier alpha value is -2.96. The van der Waals surface area contributed by atoms with Crippen molar-refractivity contribution >= 4 is 16.9 Å². The summed E-state index contributed by atoms with van der Waals surface area (Å²) in [4.78, 5) is 27.7. The van der Waals surface area contributed by atoms with Crippen LogP contribution >= 0.6 is 0 Å². The number of hydrogen-bond donors (Lipinski definition) is 1. The number of carbonyl (C=O) groups excluding carboxylic acids is 1. The number of ether oxygens (including phenoxy) is 1. The van der Waals surface area contributed by atoms with Gasteiger partial charge >= 0.3 is 0 Å². The normalized spacial score (nSPS) is 15.8. The van der Waals surface area contributed by atoms with Gasteiger partial charge in [0.1, 0.15) is 5.58 Å². The topological polar surface area (TPSA) is 71.8 Å². The Bertz CT molecular complexity index is 1100. The number of nitrogens with one attached hydrogen (secondary N) is 1. The van der Waals surface area contributed by atoms with Crippen molar-refractivity contribution in [1.29, 1.82) is 0 Å². The molecule has 0 bridgehead atoms. The zero-order valence-electron chi connectivity index (χ0n) is 17.3. The van der Waals surface area contributed by atoms with E-state index in [9.17, 15) is 9.59 Å². The molecule has 0 unspecified atom stereocenters. The maximum Gasteiger partial charge on any atom is 0.287 e. The molecule has 30 heavy (non-hydrogen) atoms. The van der Waals surface area contributed by atoms with Crippen LogP contribution in [0, 0.1) is 13.8 Å². The van der Waals surface area contributed by atoms with E-state index in [0.717, 1.165) is 29.8 Å². The predicted molar refractivity (Wildman–Crippen MR) is 116 cm³/mol. The van der Waals surface area contributed by atoms with Gasteiger partial charge in [-0.15, -0.1) is 0 Å². The summed E-state index contributed by atoms with van der Waals surface area (Å²) in [6.07, 6.45) is 0. The van der Waals surface area contributed by atoms with Crippen LogP contribution < -0.4 is 10.7 Å². The zero-order valence-corrected chi connectivity index (χ0v) is 17.3. The molecule has 2 aromatic carbocycles. The highest BCUT2D eigenvalue weighted by molar-refractivity contribution is 5.93. The molecule has 1 aliphatic rings. The number of benzene rings is 2. The second-order valence-corrected chi connectivity index (χ2v) is 7.72. The molecule has 0 spiro atoms. The maximum atomic E-state index is 12.9. The highest BCUT2D eigenvalue weighted by Crippen LogP contribution is 2.22. The number of fused-ring (bicyclic) bond motifs is 1. The molecule has 3 aromatic rings. The standard InChI is InChI=1S/C24H26N2O4/c1-16-12-17(2)23-19(13-16)21(27)14-22(30-23)24(28)25-15-20(18-6-4-3-5-7-18)26-8-10-29-11-9-26/h3-7,12-14,20H,8-11,15H2,1-2H3,(H,25,28)/t20-/m0/s1. The van der Waals surface area contributed by atoms with E-state index in [1.807, 2.05) is 38.1 Å². The van der Waals surface area contributed by atoms with Crippen LogP contribution in [0.3, 0.4) is 0 Å². The van der Waals surface area contributed by atoms with E-state index < -0.39 is 0 Å². The maximum absolute atomic E-state index is 12.9. The van der Waals surface area contributed by atoms with E-state index in [2.05, 4.69) is 22.3 Å². The highest BCUT2D eigenvalue weighted by atomic mass is 16.5. The second kappa shape index (κ2) is 8.81. The molecule has 0 radical (unpaired) electrons. The summed E-state index contributed by atoms with van der Waals surface area (Å²) in [5.41, 5.74) is 3.21. The van der Waals surface area contributed by atoms with Gasteiger partial charge in [-0.1, -0.05) is 36.4 Å². The van der Waals surface area contributed by atoms with E-state index in [1.165, 1.54) is 6.07 Å². The molecule has 1 fully saturated rings. The largest absolute Gasteiger partial charge is 0.450 e. The number of morpholine rings is 1. The summed E-state index contributed by atoms with van der Waals surface area (Å²) in [5, 5.41) is 3.46. The molecular weight excluding hydrogens is 380 g/mol. The van der Waals surface area contributed by atoms with Crippen LogP contribution in [-0.2, 0) is 4.74 Å². The fraction of sp³-hybridized carbons (Fsp3) is 0.333. The van der Waals surface area contributed by atoms with E-state index >= 15 is 0 Å². The van der Waals surface area contributed by atoms with Gasteiger partial charge in [-0.2, -0.15) is 0 Å². The fourth-order valence-electron chi connectivity index (χ4n) is 4.02. The molecule has 0 aliphatic carbocycles. The van der Waals surface area contributed by atoms with E-state index in [-0.39, 0.29) is 23.1 Å². The van der Waals surface area contributed by atoms with Crippen LogP contribution in [0.4, 0.5) is 0 Å². The molecule has 1 saturated heterocycles. The molecule has 2 heterocycles. The Morgan fingerprint density at radius 3 is 2.57 bits per heavy atom. The van der Waals surface area contributed by atoms with Crippen molar-refractivity contribution in [2.75, 3.05) is 32.8 Å². The number of hydrogen-bond acceptors (Lipinski definition) is 5. The summed E-state index contributed by atoms with van der Waals surface area (Å²) in [7, 11) is 0. The molecule has 6 heteroatoms. The average molecular weight is 406 g/mol. The Labute approximate surface area is 175 Å². The molecule has 1 aliphatic heterocycles. The zero-order chi connectivity index (χ0) is 21.1. The van der Waals surface area contributed by atoms with E-state index in [4.69, 9.17) is 9.15 Å². The summed E-state index contributed by atoms with van der Waals surface area (Å²) < 4.78 is 11.3. The second-order valence-electron chi connectivity index (χ2n) is 7.72. The minimum atomic E-state index is -0.386. The Kier molecular flexibility index (Phi) is 5.97. The van der Waals surface area contributed by atoms with Crippen molar-refractivity contribution in [3.8, 4) is 0 Å². The van der Waals surface area contributed by atoms with Crippen molar-refractivity contribution in [1.82, 2.24) is 10.2 Å². The molecule has 1 N–H and O–H groups in total. The van der Waals surface area contributed by atoms with Crippen LogP contribution in [0.2, 0.25) is 0 Å². The lowest BCUT2D eigenvalue weighted by Gasteiger charge is -2.34. The van der Waals surface area contributed by atoms with Crippen LogP contribution in [0.5, 0.6) is 0 Å². The highest BCUT2D eigenvalue weighted by Gasteiger charge is 2.24. The molecule has 1 aromatic heterocycles. The van der Waals surface area contributed by atoms with Gasteiger partial charge in [0.2, 0.25) is 0 Å². The van der Waals surface area contributed by atoms with Gasteiger partial charge in [-0.05, 0) is 36.6 Å². The van der Waals surface area contributed by atoms with Crippen LogP contribution in [0.1, 0.15) is 33.3 Å². The lowest BCUT2D eigenvalue weighted by Crippen LogP contribution is -2.43. The monoisotopic (exact) mass is 406 g/mol. The molecule has 0 saturated carbocycles. The first-order valence-electron chi connectivity index (χ1n) is 10.2. The third-order valence-corrected chi connectivity index (χ3v) is 5.51. The van der Waals surface area contributed by atoms with Gasteiger partial charge < -0.3 is 14.5 Å². The Morgan fingerprint density at radius 1 is 1.10 bits per heavy atom. The van der Waals surface area contributed by atoms with Crippen molar-refractivity contribution in [3.05, 3.63) is 81.2 Å². The van der Waals surface area contributed by atoms with Crippen molar-refractivity contribution < 1.29 is 13.9 Å². The molecule has 1 amide bonds. The summed E-state index contributed by atoms with van der Waals surface area (Å²) in [5.74, 6) is -0.351. The first-order valence-corrected chi connectivity index (χ1v) is 10.2. The number of aryl methyl sites for hydroxylation is 2. The third kappa shape index (κ3) is 4.30. The number of nitrogens with zero attached hydrogens (tertiary/aromatic N) is 1. The van der Waals surface area contributed by atoms with E-state index in [0.29, 0.717) is 30.7 Å². The Balaban J connectivity index is 1.57. The third-order valence-electron chi connectivity index (χ3n) is 5.51. The smallest absolute Gasteiger partial charge is 0.287 e. The molecule has 156 valence electrons. The van der Waals surface area contributed by atoms with Gasteiger partial charge in [-0.3, -0.25) is 14.5 Å². The SMILES string of the molecule is Cc1cc(C)c2oc(C(=O)NC[C@@H](c3ccccc3)N3CCOCC3)cc(=O)c2c1. The van der Waals surface area contributed by atoms with Crippen LogP contribution in [-0.4, -0.2) is 43.7 Å². The summed E-state index contributed by atoms with van der Waals surface area (Å²) in [6.45, 7) is 7.19. The lowest BCUT2D eigenvalue weighted by atomic mass is 10.0. The van der Waals surface area contributed by atoms with Crippen molar-refractivity contribution in [2.24, 2.45) is 0 Å². The first-order chi connectivity index (χ1) is 14.5. The van der Waals surface area contributed by atoms with Crippen LogP contribution in [0.15, 0.2) is 57.7 Å². The number of rotatable bonds is 5.